The number of imide groups is 1. The Morgan fingerprint density at radius 2 is 1.59 bits per heavy atom. The van der Waals surface area contributed by atoms with Crippen LogP contribution in [-0.4, -0.2) is 33.1 Å². The molecular formula is C24H16F4N2O4. The third-order valence-electron chi connectivity index (χ3n) is 6.09. The summed E-state index contributed by atoms with van der Waals surface area (Å²) in [5, 5.41) is 20.1. The summed E-state index contributed by atoms with van der Waals surface area (Å²) in [4.78, 5) is 28.7. The molecule has 2 N–H and O–H groups in total. The molecule has 10 heteroatoms. The first-order valence-corrected chi connectivity index (χ1v) is 10.2. The quantitative estimate of drug-likeness (QED) is 0.321. The van der Waals surface area contributed by atoms with E-state index in [0.717, 1.165) is 18.2 Å². The van der Waals surface area contributed by atoms with Gasteiger partial charge < -0.3 is 15.1 Å². The Bertz CT molecular complexity index is 1320. The first-order chi connectivity index (χ1) is 16.1. The Labute approximate surface area is 190 Å². The Balaban J connectivity index is 1.65. The van der Waals surface area contributed by atoms with Crippen LogP contribution in [0.25, 0.3) is 0 Å². The molecule has 6 nitrogen and oxygen atoms in total. The number of fused-ring (bicyclic) bond motifs is 2. The van der Waals surface area contributed by atoms with Crippen LogP contribution < -0.4 is 4.90 Å². The number of nitrogens with zero attached hydrogens (tertiary/aromatic N) is 2. The maximum atomic E-state index is 13.6. The highest BCUT2D eigenvalue weighted by molar-refractivity contribution is 6.21. The Morgan fingerprint density at radius 1 is 0.912 bits per heavy atom. The monoisotopic (exact) mass is 472 g/mol. The van der Waals surface area contributed by atoms with Crippen molar-refractivity contribution in [2.45, 2.75) is 24.7 Å². The van der Waals surface area contributed by atoms with E-state index in [0.29, 0.717) is 21.6 Å². The van der Waals surface area contributed by atoms with E-state index in [4.69, 9.17) is 0 Å². The number of aromatic hydroxyl groups is 2. The molecule has 2 aliphatic heterocycles. The molecule has 2 heterocycles. The predicted molar refractivity (Wildman–Crippen MR) is 112 cm³/mol. The van der Waals surface area contributed by atoms with E-state index in [1.165, 1.54) is 47.4 Å². The number of phenols is 2. The molecule has 0 aliphatic carbocycles. The van der Waals surface area contributed by atoms with Gasteiger partial charge in [-0.1, -0.05) is 18.2 Å². The van der Waals surface area contributed by atoms with E-state index in [1.807, 2.05) is 0 Å². The van der Waals surface area contributed by atoms with Crippen molar-refractivity contribution in [3.63, 3.8) is 0 Å². The van der Waals surface area contributed by atoms with Crippen LogP contribution >= 0.6 is 0 Å². The van der Waals surface area contributed by atoms with E-state index < -0.39 is 53.1 Å². The van der Waals surface area contributed by atoms with Gasteiger partial charge in [-0.2, -0.15) is 13.2 Å². The molecule has 174 valence electrons. The van der Waals surface area contributed by atoms with Crippen LogP contribution in [0.3, 0.4) is 0 Å². The Kier molecular flexibility index (Phi) is 4.78. The van der Waals surface area contributed by atoms with E-state index in [-0.39, 0.29) is 12.1 Å². The maximum Gasteiger partial charge on any atom is 0.416 e. The normalized spacial score (nSPS) is 19.9. The Hall–Kier alpha value is -4.08. The van der Waals surface area contributed by atoms with Gasteiger partial charge in [0.05, 0.1) is 17.3 Å². The number of hydrogen-bond donors (Lipinski definition) is 2. The number of amides is 3. The van der Waals surface area contributed by atoms with Crippen LogP contribution in [0.2, 0.25) is 0 Å². The smallest absolute Gasteiger partial charge is 0.416 e. The third-order valence-corrected chi connectivity index (χ3v) is 6.09. The van der Waals surface area contributed by atoms with Gasteiger partial charge in [-0.15, -0.1) is 0 Å². The summed E-state index contributed by atoms with van der Waals surface area (Å²) in [5.41, 5.74) is 0.0584. The van der Waals surface area contributed by atoms with Gasteiger partial charge in [-0.25, -0.2) is 14.1 Å². The van der Waals surface area contributed by atoms with Crippen molar-refractivity contribution in [3.8, 4) is 11.5 Å². The number of carbonyl (C=O) groups excluding carboxylic acids is 2. The lowest BCUT2D eigenvalue weighted by Gasteiger charge is -2.37. The van der Waals surface area contributed by atoms with Gasteiger partial charge in [0.1, 0.15) is 11.9 Å². The highest BCUT2D eigenvalue weighted by atomic mass is 19.4. The second-order valence-corrected chi connectivity index (χ2v) is 8.13. The standard InChI is InChI=1S/C24H16F4N2O4/c25-15-6-4-12(5-7-15)21-17-11-20(32)19(31)9-13(17)8-18-22(33)29(23(34)30(18)21)16-3-1-2-14(10-16)24(26,27)28/h1-7,9-11,18,21,31-32H,8H2/t18-,21+/m0/s1. The number of rotatable bonds is 2. The first-order valence-electron chi connectivity index (χ1n) is 10.2. The fourth-order valence-electron chi connectivity index (χ4n) is 4.56. The maximum absolute atomic E-state index is 13.6. The number of phenolic OH excluding ortho intramolecular Hbond substituents is 2. The zero-order valence-corrected chi connectivity index (χ0v) is 17.3. The third kappa shape index (κ3) is 3.33. The van der Waals surface area contributed by atoms with Gasteiger partial charge in [0.15, 0.2) is 11.5 Å². The fourth-order valence-corrected chi connectivity index (χ4v) is 4.56. The van der Waals surface area contributed by atoms with Crippen molar-refractivity contribution in [1.29, 1.82) is 0 Å². The van der Waals surface area contributed by atoms with Gasteiger partial charge >= 0.3 is 12.2 Å². The van der Waals surface area contributed by atoms with Crippen molar-refractivity contribution in [2.24, 2.45) is 0 Å². The van der Waals surface area contributed by atoms with Crippen molar-refractivity contribution in [1.82, 2.24) is 4.90 Å². The average molecular weight is 472 g/mol. The van der Waals surface area contributed by atoms with Crippen LogP contribution in [0.1, 0.15) is 28.3 Å². The number of anilines is 1. The van der Waals surface area contributed by atoms with Gasteiger partial charge in [0, 0.05) is 6.42 Å². The molecule has 3 aromatic carbocycles. The summed E-state index contributed by atoms with van der Waals surface area (Å²) in [7, 11) is 0. The van der Waals surface area contributed by atoms with E-state index in [9.17, 15) is 37.4 Å². The lowest BCUT2D eigenvalue weighted by Crippen LogP contribution is -2.44. The van der Waals surface area contributed by atoms with E-state index in [2.05, 4.69) is 0 Å². The second kappa shape index (κ2) is 7.47. The van der Waals surface area contributed by atoms with Crippen molar-refractivity contribution < 1.29 is 37.4 Å². The van der Waals surface area contributed by atoms with Crippen LogP contribution in [-0.2, 0) is 17.4 Å². The number of halogens is 4. The summed E-state index contributed by atoms with van der Waals surface area (Å²) >= 11 is 0. The van der Waals surface area contributed by atoms with Crippen LogP contribution in [0, 0.1) is 5.82 Å². The molecule has 2 atom stereocenters. The summed E-state index contributed by atoms with van der Waals surface area (Å²) in [6.07, 6.45) is -4.70. The Morgan fingerprint density at radius 3 is 2.26 bits per heavy atom. The topological polar surface area (TPSA) is 81.1 Å². The number of carbonyl (C=O) groups is 2. The molecule has 0 unspecified atom stereocenters. The second-order valence-electron chi connectivity index (χ2n) is 8.13. The number of benzene rings is 3. The molecule has 34 heavy (non-hydrogen) atoms. The molecule has 3 aromatic rings. The van der Waals surface area contributed by atoms with E-state index in [1.54, 1.807) is 0 Å². The van der Waals surface area contributed by atoms with Gasteiger partial charge in [-0.05, 0) is 59.2 Å². The number of alkyl halides is 3. The number of urea groups is 1. The van der Waals surface area contributed by atoms with Crippen molar-refractivity contribution in [2.75, 3.05) is 4.90 Å². The van der Waals surface area contributed by atoms with Crippen LogP contribution in [0.15, 0.2) is 60.7 Å². The largest absolute Gasteiger partial charge is 0.504 e. The van der Waals surface area contributed by atoms with Crippen LogP contribution in [0.5, 0.6) is 11.5 Å². The lowest BCUT2D eigenvalue weighted by molar-refractivity contribution is -0.137. The molecule has 0 bridgehead atoms. The van der Waals surface area contributed by atoms with Gasteiger partial charge in [-0.3, -0.25) is 4.79 Å². The number of hydrogen-bond acceptors (Lipinski definition) is 4. The van der Waals surface area contributed by atoms with E-state index >= 15 is 0 Å². The van der Waals surface area contributed by atoms with Gasteiger partial charge in [0.25, 0.3) is 5.91 Å². The summed E-state index contributed by atoms with van der Waals surface area (Å²) in [6, 6.07) is 8.77. The molecule has 0 radical (unpaired) electrons. The lowest BCUT2D eigenvalue weighted by atomic mass is 9.85. The minimum Gasteiger partial charge on any atom is -0.504 e. The average Bonchev–Trinajstić information content (AvgIpc) is 3.03. The van der Waals surface area contributed by atoms with Crippen molar-refractivity contribution >= 4 is 17.6 Å². The van der Waals surface area contributed by atoms with Gasteiger partial charge in [0.2, 0.25) is 0 Å². The zero-order chi connectivity index (χ0) is 24.4. The molecule has 3 amide bonds. The summed E-state index contributed by atoms with van der Waals surface area (Å²) in [5.74, 6) is -2.12. The molecule has 1 fully saturated rings. The van der Waals surface area contributed by atoms with Crippen molar-refractivity contribution in [3.05, 3.63) is 88.7 Å². The summed E-state index contributed by atoms with van der Waals surface area (Å²) in [6.45, 7) is 0. The van der Waals surface area contributed by atoms with Crippen LogP contribution in [0.4, 0.5) is 28.0 Å². The fraction of sp³-hybridized carbons (Fsp3) is 0.167. The SMILES string of the molecule is O=C1[C@@H]2Cc3cc(O)c(O)cc3[C@@H](c3ccc(F)cc3)N2C(=O)N1c1cccc(C(F)(F)F)c1. The molecule has 5 rings (SSSR count). The molecule has 0 spiro atoms. The molecule has 0 aromatic heterocycles. The highest BCUT2D eigenvalue weighted by Crippen LogP contribution is 2.46. The molecule has 1 saturated heterocycles. The molecular weight excluding hydrogens is 456 g/mol. The highest BCUT2D eigenvalue weighted by Gasteiger charge is 2.52. The predicted octanol–water partition coefficient (Wildman–Crippen LogP) is 4.74. The zero-order valence-electron chi connectivity index (χ0n) is 17.3. The summed E-state index contributed by atoms with van der Waals surface area (Å²) < 4.78 is 53.3. The minimum atomic E-state index is -4.67. The first kappa shape index (κ1) is 21.7. The minimum absolute atomic E-state index is 0.0269. The molecule has 2 aliphatic rings. The molecule has 0 saturated carbocycles.